The Morgan fingerprint density at radius 2 is 1.62 bits per heavy atom. The van der Waals surface area contributed by atoms with Gasteiger partial charge in [0.1, 0.15) is 12.2 Å². The molecule has 1 aromatic heterocycles. The maximum Gasteiger partial charge on any atom is 0.490 e. The second-order valence-electron chi connectivity index (χ2n) is 8.70. The Balaban J connectivity index is 0.000000604. The Kier molecular flexibility index (Phi) is 9.56. The highest BCUT2D eigenvalue weighted by atomic mass is 19.4. The van der Waals surface area contributed by atoms with Crippen molar-refractivity contribution < 1.29 is 37.1 Å². The van der Waals surface area contributed by atoms with Crippen molar-refractivity contribution in [1.82, 2.24) is 14.4 Å². The van der Waals surface area contributed by atoms with Crippen LogP contribution in [0.3, 0.4) is 0 Å². The lowest BCUT2D eigenvalue weighted by Gasteiger charge is -2.28. The van der Waals surface area contributed by atoms with Gasteiger partial charge < -0.3 is 25.2 Å². The molecule has 1 aliphatic heterocycles. The third-order valence-electron chi connectivity index (χ3n) is 5.72. The number of hydrogen-bond acceptors (Lipinski definition) is 5. The fourth-order valence-electron chi connectivity index (χ4n) is 3.70. The second kappa shape index (κ2) is 12.0. The van der Waals surface area contributed by atoms with Crippen LogP contribution in [0.5, 0.6) is 0 Å². The summed E-state index contributed by atoms with van der Waals surface area (Å²) in [6, 6.07) is 9.31. The Morgan fingerprint density at radius 1 is 1.08 bits per heavy atom. The van der Waals surface area contributed by atoms with Crippen molar-refractivity contribution in [2.45, 2.75) is 30.7 Å². The van der Waals surface area contributed by atoms with E-state index in [1.165, 1.54) is 20.4 Å². The maximum atomic E-state index is 13.5. The van der Waals surface area contributed by atoms with Crippen LogP contribution in [0.25, 0.3) is 11.1 Å². The van der Waals surface area contributed by atoms with Crippen LogP contribution in [0.1, 0.15) is 17.9 Å². The highest BCUT2D eigenvalue weighted by Gasteiger charge is 2.39. The molecule has 0 unspecified atom stereocenters. The molecule has 2 heterocycles. The first-order chi connectivity index (χ1) is 17.1. The van der Waals surface area contributed by atoms with Crippen LogP contribution in [0.15, 0.2) is 47.4 Å². The largest absolute Gasteiger partial charge is 0.490 e. The molecule has 0 aliphatic carbocycles. The van der Waals surface area contributed by atoms with E-state index in [1.807, 2.05) is 12.1 Å². The average molecular weight is 529 g/mol. The van der Waals surface area contributed by atoms with E-state index in [2.05, 4.69) is 0 Å². The number of aryl methyl sites for hydroxylation is 1. The van der Waals surface area contributed by atoms with Gasteiger partial charge in [-0.15, -0.1) is 0 Å². The summed E-state index contributed by atoms with van der Waals surface area (Å²) in [5.74, 6) is -4.34. The predicted molar refractivity (Wildman–Crippen MR) is 126 cm³/mol. The van der Waals surface area contributed by atoms with Crippen LogP contribution in [0.4, 0.5) is 17.6 Å². The van der Waals surface area contributed by atoms with Crippen molar-refractivity contribution in [2.24, 2.45) is 12.8 Å². The zero-order valence-electron chi connectivity index (χ0n) is 20.4. The number of likely N-dealkylation sites (tertiary alicyclic amines) is 1. The van der Waals surface area contributed by atoms with Gasteiger partial charge in [-0.2, -0.15) is 13.2 Å². The minimum Gasteiger partial charge on any atom is -0.475 e. The van der Waals surface area contributed by atoms with Gasteiger partial charge in [-0.05, 0) is 29.2 Å². The lowest BCUT2D eigenvalue weighted by atomic mass is 9.88. The number of rotatable bonds is 5. The number of carboxylic acids is 1. The quantitative estimate of drug-likeness (QED) is 0.570. The first-order valence-corrected chi connectivity index (χ1v) is 11.1. The monoisotopic (exact) mass is 528 g/mol. The number of halogens is 4. The summed E-state index contributed by atoms with van der Waals surface area (Å²) in [5, 5.41) is 7.12. The summed E-state index contributed by atoms with van der Waals surface area (Å²) in [6.45, 7) is 0.323. The van der Waals surface area contributed by atoms with Crippen LogP contribution in [-0.4, -0.2) is 82.8 Å². The molecule has 1 saturated heterocycles. The number of carbonyl (C=O) groups excluding carboxylic acids is 2. The van der Waals surface area contributed by atoms with Gasteiger partial charge in [0.05, 0.1) is 12.5 Å². The molecule has 0 bridgehead atoms. The molecule has 2 amide bonds. The number of pyridine rings is 1. The Bertz CT molecular complexity index is 1180. The van der Waals surface area contributed by atoms with Gasteiger partial charge in [0, 0.05) is 40.0 Å². The van der Waals surface area contributed by atoms with Gasteiger partial charge in [-0.1, -0.05) is 24.3 Å². The van der Waals surface area contributed by atoms with E-state index in [4.69, 9.17) is 15.6 Å². The smallest absolute Gasteiger partial charge is 0.475 e. The van der Waals surface area contributed by atoms with Crippen molar-refractivity contribution in [2.75, 3.05) is 27.2 Å². The summed E-state index contributed by atoms with van der Waals surface area (Å²) < 4.78 is 46.8. The normalized spacial score (nSPS) is 16.9. The average Bonchev–Trinajstić information content (AvgIpc) is 3.26. The number of aromatic nitrogens is 1. The number of nitrogens with zero attached hydrogens (tertiary/aromatic N) is 3. The Labute approximate surface area is 210 Å². The molecular weight excluding hydrogens is 500 g/mol. The molecule has 9 nitrogen and oxygen atoms in total. The van der Waals surface area contributed by atoms with E-state index in [9.17, 15) is 31.9 Å². The highest BCUT2D eigenvalue weighted by molar-refractivity contribution is 5.93. The van der Waals surface area contributed by atoms with Crippen LogP contribution in [0, 0.1) is 0 Å². The molecule has 3 N–H and O–H groups in total. The number of carboxylic acid groups (broad SMARTS) is 1. The molecule has 0 radical (unpaired) electrons. The number of carbonyl (C=O) groups is 3. The van der Waals surface area contributed by atoms with Crippen LogP contribution < -0.4 is 11.3 Å². The Morgan fingerprint density at radius 3 is 2.05 bits per heavy atom. The van der Waals surface area contributed by atoms with E-state index in [1.54, 1.807) is 45.5 Å². The fraction of sp³-hybridized carbons (Fsp3) is 0.417. The zero-order chi connectivity index (χ0) is 28.1. The van der Waals surface area contributed by atoms with Crippen LogP contribution >= 0.6 is 0 Å². The molecule has 3 atom stereocenters. The third kappa shape index (κ3) is 7.62. The number of nitrogens with two attached hydrogens (primary N) is 1. The molecule has 1 fully saturated rings. The van der Waals surface area contributed by atoms with Crippen molar-refractivity contribution >= 4 is 17.8 Å². The molecule has 13 heteroatoms. The summed E-state index contributed by atoms with van der Waals surface area (Å²) in [5.41, 5.74) is 8.47. The first-order valence-electron chi connectivity index (χ1n) is 11.1. The van der Waals surface area contributed by atoms with Gasteiger partial charge in [-0.25, -0.2) is 9.18 Å². The Hall–Kier alpha value is -3.74. The highest BCUT2D eigenvalue weighted by Crippen LogP contribution is 2.27. The standard InChI is InChI=1S/C22H27FN4O3.C2HF3O2/c1-25(2)21(29)19(20(24)22(30)27-11-10-17(23)13-27)15-6-4-14(5-7-15)16-8-9-18(28)26(3)12-16;3-2(4,5)1(6)7/h4-9,12,17,19-20H,10-11,13,24H2,1-3H3;(H,6,7)/t17-,19-,20-;/m0./s1. The third-order valence-corrected chi connectivity index (χ3v) is 5.72. The van der Waals surface area contributed by atoms with Gasteiger partial charge in [0.25, 0.3) is 0 Å². The molecule has 1 aromatic carbocycles. The minimum absolute atomic E-state index is 0.0150. The number of alkyl halides is 4. The molecule has 0 saturated carbocycles. The van der Waals surface area contributed by atoms with Crippen molar-refractivity contribution in [3.05, 3.63) is 58.5 Å². The molecule has 3 rings (SSSR count). The summed E-state index contributed by atoms with van der Waals surface area (Å²) in [4.78, 5) is 49.0. The van der Waals surface area contributed by atoms with E-state index < -0.39 is 36.2 Å². The topological polar surface area (TPSA) is 126 Å². The van der Waals surface area contributed by atoms with Gasteiger partial charge in [0.15, 0.2) is 0 Å². The fourth-order valence-corrected chi connectivity index (χ4v) is 3.70. The zero-order valence-corrected chi connectivity index (χ0v) is 20.4. The number of hydrogen-bond donors (Lipinski definition) is 2. The van der Waals surface area contributed by atoms with Crippen LogP contribution in [0.2, 0.25) is 0 Å². The van der Waals surface area contributed by atoms with E-state index in [0.29, 0.717) is 18.5 Å². The lowest BCUT2D eigenvalue weighted by molar-refractivity contribution is -0.192. The van der Waals surface area contributed by atoms with Gasteiger partial charge >= 0.3 is 12.1 Å². The summed E-state index contributed by atoms with van der Waals surface area (Å²) in [7, 11) is 4.90. The SMILES string of the molecule is CN(C)C(=O)[C@@H](c1ccc(-c2ccc(=O)n(C)c2)cc1)[C@H](N)C(=O)N1CC[C@H](F)C1.O=C(O)C(F)(F)F. The molecule has 37 heavy (non-hydrogen) atoms. The van der Waals surface area contributed by atoms with Gasteiger partial charge in [0.2, 0.25) is 17.4 Å². The second-order valence-corrected chi connectivity index (χ2v) is 8.70. The van der Waals surface area contributed by atoms with E-state index >= 15 is 0 Å². The van der Waals surface area contributed by atoms with Gasteiger partial charge in [-0.3, -0.25) is 14.4 Å². The molecule has 0 spiro atoms. The van der Waals surface area contributed by atoms with Crippen molar-refractivity contribution in [1.29, 1.82) is 0 Å². The van der Waals surface area contributed by atoms with E-state index in [0.717, 1.165) is 11.1 Å². The summed E-state index contributed by atoms with van der Waals surface area (Å²) >= 11 is 0. The first kappa shape index (κ1) is 29.5. The predicted octanol–water partition coefficient (Wildman–Crippen LogP) is 1.76. The number of benzene rings is 1. The van der Waals surface area contributed by atoms with E-state index in [-0.39, 0.29) is 18.0 Å². The number of aliphatic carboxylic acids is 1. The number of amides is 2. The number of likely N-dealkylation sites (N-methyl/N-ethyl adjacent to an activating group) is 1. The minimum atomic E-state index is -5.08. The molecular formula is C24H28F4N4O5. The summed E-state index contributed by atoms with van der Waals surface area (Å²) in [6.07, 6.45) is -4.11. The lowest BCUT2D eigenvalue weighted by Crippen LogP contribution is -2.50. The van der Waals surface area contributed by atoms with Crippen LogP contribution in [-0.2, 0) is 21.4 Å². The molecule has 1 aliphatic rings. The maximum absolute atomic E-state index is 13.5. The van der Waals surface area contributed by atoms with Crippen molar-refractivity contribution in [3.8, 4) is 11.1 Å². The molecule has 202 valence electrons. The van der Waals surface area contributed by atoms with Crippen molar-refractivity contribution in [3.63, 3.8) is 0 Å². The molecule has 2 aromatic rings.